The van der Waals surface area contributed by atoms with Gasteiger partial charge in [-0.25, -0.2) is 22.0 Å². The summed E-state index contributed by atoms with van der Waals surface area (Å²) in [7, 11) is -3.31. The quantitative estimate of drug-likeness (QED) is 0.708. The predicted molar refractivity (Wildman–Crippen MR) is 88.5 cm³/mol. The molecular weight excluding hydrogens is 384 g/mol. The second-order valence-corrected chi connectivity index (χ2v) is 8.37. The fourth-order valence-corrected chi connectivity index (χ4v) is 5.25. The lowest BCUT2D eigenvalue weighted by molar-refractivity contribution is -0.123. The number of rotatable bonds is 4. The minimum atomic E-state index is -4.29. The third-order valence-corrected chi connectivity index (χ3v) is 6.85. The normalized spacial score (nSPS) is 24.2. The van der Waals surface area contributed by atoms with Crippen LogP contribution in [0.3, 0.4) is 0 Å². The van der Waals surface area contributed by atoms with Gasteiger partial charge in [-0.15, -0.1) is 0 Å². The minimum Gasteiger partial charge on any atom is -0.465 e. The van der Waals surface area contributed by atoms with Gasteiger partial charge in [0, 0.05) is 18.9 Å². The molecule has 1 aromatic rings. The van der Waals surface area contributed by atoms with Crippen molar-refractivity contribution in [1.29, 1.82) is 0 Å². The first-order valence-corrected chi connectivity index (χ1v) is 9.91. The Labute approximate surface area is 155 Å². The van der Waals surface area contributed by atoms with Crippen LogP contribution in [-0.2, 0) is 24.3 Å². The summed E-state index contributed by atoms with van der Waals surface area (Å²) in [6.45, 7) is 0.136. The number of sulfonamides is 1. The summed E-state index contributed by atoms with van der Waals surface area (Å²) in [5.74, 6) is -4.67. The van der Waals surface area contributed by atoms with E-state index in [4.69, 9.17) is 4.74 Å². The molecule has 0 spiro atoms. The molecule has 2 fully saturated rings. The van der Waals surface area contributed by atoms with Crippen molar-refractivity contribution in [1.82, 2.24) is 4.31 Å². The molecule has 148 valence electrons. The van der Waals surface area contributed by atoms with Gasteiger partial charge >= 0.3 is 5.97 Å². The molecule has 0 aromatic heterocycles. The van der Waals surface area contributed by atoms with Gasteiger partial charge in [-0.2, -0.15) is 4.31 Å². The number of halogens is 2. The average Bonchev–Trinajstić information content (AvgIpc) is 3.08. The van der Waals surface area contributed by atoms with E-state index in [1.807, 2.05) is 0 Å². The number of methoxy groups -OCH3 is 1. The Morgan fingerprint density at radius 1 is 1.33 bits per heavy atom. The van der Waals surface area contributed by atoms with Crippen molar-refractivity contribution >= 4 is 21.8 Å². The average molecular weight is 403 g/mol. The number of ketones is 1. The highest BCUT2D eigenvalue weighted by molar-refractivity contribution is 7.89. The van der Waals surface area contributed by atoms with E-state index >= 15 is 0 Å². The number of carbonyl (C=O) groups excluding carboxylic acids is 2. The van der Waals surface area contributed by atoms with Crippen LogP contribution in [0.25, 0.3) is 0 Å². The van der Waals surface area contributed by atoms with Gasteiger partial charge in [0.15, 0.2) is 11.6 Å². The molecule has 1 saturated carbocycles. The molecule has 2 atom stereocenters. The van der Waals surface area contributed by atoms with E-state index in [-0.39, 0.29) is 25.5 Å². The maximum absolute atomic E-state index is 13.9. The third-order valence-electron chi connectivity index (χ3n) is 4.94. The Morgan fingerprint density at radius 3 is 2.70 bits per heavy atom. The fraction of sp³-hybridized carbons (Fsp3) is 0.529. The van der Waals surface area contributed by atoms with Crippen molar-refractivity contribution in [3.63, 3.8) is 0 Å². The van der Waals surface area contributed by atoms with Crippen molar-refractivity contribution in [2.75, 3.05) is 26.9 Å². The largest absolute Gasteiger partial charge is 0.465 e. The zero-order valence-electron chi connectivity index (χ0n) is 14.6. The van der Waals surface area contributed by atoms with Crippen LogP contribution in [-0.4, -0.2) is 57.4 Å². The third kappa shape index (κ3) is 3.61. The van der Waals surface area contributed by atoms with Crippen LogP contribution in [0.2, 0.25) is 0 Å². The molecule has 0 bridgehead atoms. The highest BCUT2D eigenvalue weighted by Gasteiger charge is 2.43. The van der Waals surface area contributed by atoms with Crippen LogP contribution in [0.5, 0.6) is 0 Å². The van der Waals surface area contributed by atoms with Crippen LogP contribution in [0.15, 0.2) is 17.0 Å². The second kappa shape index (κ2) is 7.61. The van der Waals surface area contributed by atoms with Gasteiger partial charge in [0.25, 0.3) is 0 Å². The number of hydrogen-bond donors (Lipinski definition) is 0. The second-order valence-electron chi connectivity index (χ2n) is 6.48. The van der Waals surface area contributed by atoms with E-state index in [1.165, 1.54) is 0 Å². The van der Waals surface area contributed by atoms with Crippen LogP contribution in [0, 0.1) is 17.6 Å². The SMILES string of the molecule is COC(=O)c1cc(S(=O)(=O)N2CCOCC2C2CCCC2=O)cc(F)c1F. The summed E-state index contributed by atoms with van der Waals surface area (Å²) < 4.78 is 64.9. The van der Waals surface area contributed by atoms with E-state index in [0.29, 0.717) is 25.3 Å². The lowest BCUT2D eigenvalue weighted by Gasteiger charge is -2.37. The lowest BCUT2D eigenvalue weighted by atomic mass is 9.97. The zero-order valence-corrected chi connectivity index (χ0v) is 15.4. The van der Waals surface area contributed by atoms with E-state index in [9.17, 15) is 26.8 Å². The maximum Gasteiger partial charge on any atom is 0.341 e. The molecule has 27 heavy (non-hydrogen) atoms. The molecular formula is C17H19F2NO6S. The number of Topliss-reactive ketones (excluding diaryl/α,β-unsaturated/α-hetero) is 1. The van der Waals surface area contributed by atoms with Gasteiger partial charge < -0.3 is 9.47 Å². The molecule has 1 saturated heterocycles. The maximum atomic E-state index is 13.9. The summed E-state index contributed by atoms with van der Waals surface area (Å²) >= 11 is 0. The van der Waals surface area contributed by atoms with E-state index in [0.717, 1.165) is 17.5 Å². The van der Waals surface area contributed by atoms with Crippen LogP contribution in [0.4, 0.5) is 8.78 Å². The van der Waals surface area contributed by atoms with Gasteiger partial charge in [-0.05, 0) is 25.0 Å². The number of esters is 1. The fourth-order valence-electron chi connectivity index (χ4n) is 3.58. The highest BCUT2D eigenvalue weighted by atomic mass is 32.2. The Morgan fingerprint density at radius 2 is 2.07 bits per heavy atom. The summed E-state index contributed by atoms with van der Waals surface area (Å²) in [6.07, 6.45) is 1.60. The Bertz CT molecular complexity index is 872. The molecule has 2 aliphatic rings. The molecule has 2 unspecified atom stereocenters. The van der Waals surface area contributed by atoms with Gasteiger partial charge in [0.1, 0.15) is 5.78 Å². The predicted octanol–water partition coefficient (Wildman–Crippen LogP) is 1.51. The number of carbonyl (C=O) groups is 2. The first kappa shape index (κ1) is 19.8. The smallest absolute Gasteiger partial charge is 0.341 e. The molecule has 1 aliphatic carbocycles. The van der Waals surface area contributed by atoms with Gasteiger partial charge in [-0.3, -0.25) is 4.79 Å². The summed E-state index contributed by atoms with van der Waals surface area (Å²) in [5, 5.41) is 0. The van der Waals surface area contributed by atoms with Gasteiger partial charge in [0.2, 0.25) is 10.0 Å². The first-order valence-electron chi connectivity index (χ1n) is 8.47. The monoisotopic (exact) mass is 403 g/mol. The van der Waals surface area contributed by atoms with Crippen molar-refractivity contribution in [2.24, 2.45) is 5.92 Å². The molecule has 0 N–H and O–H groups in total. The summed E-state index contributed by atoms with van der Waals surface area (Å²) in [4.78, 5) is 23.2. The minimum absolute atomic E-state index is 0.0245. The Hall–Kier alpha value is -1.91. The zero-order chi connectivity index (χ0) is 19.8. The van der Waals surface area contributed by atoms with Gasteiger partial charge in [0.05, 0.1) is 36.8 Å². The van der Waals surface area contributed by atoms with Crippen LogP contribution < -0.4 is 0 Å². The highest BCUT2D eigenvalue weighted by Crippen LogP contribution is 2.33. The summed E-state index contributed by atoms with van der Waals surface area (Å²) in [5.41, 5.74) is -0.808. The van der Waals surface area contributed by atoms with Crippen LogP contribution in [0.1, 0.15) is 29.6 Å². The van der Waals surface area contributed by atoms with Gasteiger partial charge in [-0.1, -0.05) is 0 Å². The topological polar surface area (TPSA) is 90.0 Å². The molecule has 1 heterocycles. The van der Waals surface area contributed by atoms with E-state index in [2.05, 4.69) is 4.74 Å². The number of hydrogen-bond acceptors (Lipinski definition) is 6. The standard InChI is InChI=1S/C17H19F2NO6S/c1-25-17(22)12-7-10(8-13(18)16(12)19)27(23,24)20-5-6-26-9-14(20)11-3-2-4-15(11)21/h7-8,11,14H,2-6,9H2,1H3. The number of nitrogens with zero attached hydrogens (tertiary/aromatic N) is 1. The molecule has 0 amide bonds. The molecule has 10 heteroatoms. The number of benzene rings is 1. The van der Waals surface area contributed by atoms with Crippen molar-refractivity contribution in [3.8, 4) is 0 Å². The summed E-state index contributed by atoms with van der Waals surface area (Å²) in [6, 6.07) is 0.566. The van der Waals surface area contributed by atoms with E-state index < -0.39 is 50.0 Å². The molecule has 0 radical (unpaired) electrons. The first-order chi connectivity index (χ1) is 12.8. The molecule has 1 aromatic carbocycles. The molecule has 1 aliphatic heterocycles. The lowest BCUT2D eigenvalue weighted by Crippen LogP contribution is -2.52. The van der Waals surface area contributed by atoms with Crippen molar-refractivity contribution < 1.29 is 36.3 Å². The van der Waals surface area contributed by atoms with Crippen molar-refractivity contribution in [3.05, 3.63) is 29.3 Å². The van der Waals surface area contributed by atoms with Crippen molar-refractivity contribution in [2.45, 2.75) is 30.2 Å². The van der Waals surface area contributed by atoms with Crippen LogP contribution >= 0.6 is 0 Å². The Kier molecular flexibility index (Phi) is 5.59. The number of morpholine rings is 1. The molecule has 3 rings (SSSR count). The molecule has 7 nitrogen and oxygen atoms in total. The van der Waals surface area contributed by atoms with E-state index in [1.54, 1.807) is 0 Å². The Balaban J connectivity index is 2.03. The number of ether oxygens (including phenoxy) is 2.